The van der Waals surface area contributed by atoms with Gasteiger partial charge in [-0.25, -0.2) is 4.39 Å². The molecule has 1 aliphatic heterocycles. The third-order valence-electron chi connectivity index (χ3n) is 5.40. The quantitative estimate of drug-likeness (QED) is 0.151. The van der Waals surface area contributed by atoms with E-state index in [0.717, 1.165) is 23.1 Å². The average molecular weight is 529 g/mol. The fourth-order valence-electron chi connectivity index (χ4n) is 3.82. The topological polar surface area (TPSA) is 156 Å². The molecule has 36 heavy (non-hydrogen) atoms. The van der Waals surface area contributed by atoms with Crippen LogP contribution < -0.4 is 16.4 Å². The maximum atomic E-state index is 14.9. The van der Waals surface area contributed by atoms with Crippen molar-refractivity contribution in [2.75, 3.05) is 4.90 Å². The van der Waals surface area contributed by atoms with E-state index < -0.39 is 45.3 Å². The van der Waals surface area contributed by atoms with Crippen LogP contribution in [0.2, 0.25) is 5.02 Å². The van der Waals surface area contributed by atoms with Crippen LogP contribution in [0.5, 0.6) is 0 Å². The molecule has 1 amide bonds. The predicted molar refractivity (Wildman–Crippen MR) is 132 cm³/mol. The van der Waals surface area contributed by atoms with Crippen LogP contribution in [0.4, 0.5) is 10.1 Å². The number of benzene rings is 3. The Morgan fingerprint density at radius 2 is 1.58 bits per heavy atom. The Morgan fingerprint density at radius 3 is 2.17 bits per heavy atom. The number of aliphatic hydroxyl groups excluding tert-OH is 1. The van der Waals surface area contributed by atoms with Crippen LogP contribution in [0.15, 0.2) is 87.7 Å². The van der Waals surface area contributed by atoms with Gasteiger partial charge in [-0.2, -0.15) is 8.42 Å². The molecule has 12 heteroatoms. The molecule has 0 radical (unpaired) electrons. The van der Waals surface area contributed by atoms with Crippen molar-refractivity contribution in [3.8, 4) is 0 Å². The first-order valence-corrected chi connectivity index (χ1v) is 12.1. The van der Waals surface area contributed by atoms with E-state index in [1.54, 1.807) is 0 Å². The highest BCUT2D eigenvalue weighted by Gasteiger charge is 2.47. The van der Waals surface area contributed by atoms with Crippen molar-refractivity contribution in [3.63, 3.8) is 0 Å². The normalized spacial score (nSPS) is 17.3. The summed E-state index contributed by atoms with van der Waals surface area (Å²) < 4.78 is 42.6. The number of Topliss-reactive ketones (excluding diaryl/α,β-unsaturated/α-hetero) is 1. The summed E-state index contributed by atoms with van der Waals surface area (Å²) in [6.45, 7) is 0. The Labute approximate surface area is 210 Å². The van der Waals surface area contributed by atoms with E-state index >= 15 is 0 Å². The third-order valence-corrected chi connectivity index (χ3v) is 6.97. The molecule has 1 atom stereocenters. The zero-order valence-electron chi connectivity index (χ0n) is 18.3. The molecule has 3 aromatic carbocycles. The number of anilines is 1. The van der Waals surface area contributed by atoms with Gasteiger partial charge >= 0.3 is 0 Å². The molecule has 0 saturated carbocycles. The van der Waals surface area contributed by atoms with Gasteiger partial charge in [0.1, 0.15) is 11.6 Å². The first kappa shape index (κ1) is 24.9. The lowest BCUT2D eigenvalue weighted by atomic mass is 9.94. The zero-order valence-corrected chi connectivity index (χ0v) is 19.9. The Balaban J connectivity index is 1.90. The fraction of sp³-hybridized carbons (Fsp3) is 0.0417. The number of aliphatic hydroxyl groups is 1. The lowest BCUT2D eigenvalue weighted by Crippen LogP contribution is -2.30. The second kappa shape index (κ2) is 9.44. The second-order valence-electron chi connectivity index (χ2n) is 7.68. The van der Waals surface area contributed by atoms with E-state index in [9.17, 15) is 27.5 Å². The Bertz CT molecular complexity index is 1530. The van der Waals surface area contributed by atoms with Gasteiger partial charge in [-0.15, -0.1) is 4.40 Å². The number of nitrogens with two attached hydrogens (primary N) is 2. The van der Waals surface area contributed by atoms with Gasteiger partial charge in [0.05, 0.1) is 16.5 Å². The summed E-state index contributed by atoms with van der Waals surface area (Å²) in [7, 11) is -4.21. The van der Waals surface area contributed by atoms with Gasteiger partial charge in [-0.3, -0.25) is 14.5 Å². The van der Waals surface area contributed by atoms with Crippen LogP contribution in [0.1, 0.15) is 17.2 Å². The van der Waals surface area contributed by atoms with Crippen molar-refractivity contribution in [2.24, 2.45) is 15.9 Å². The van der Waals surface area contributed by atoms with Crippen molar-refractivity contribution in [1.82, 2.24) is 0 Å². The van der Waals surface area contributed by atoms with Gasteiger partial charge in [-0.1, -0.05) is 29.8 Å². The summed E-state index contributed by atoms with van der Waals surface area (Å²) in [5, 5.41) is 11.4. The van der Waals surface area contributed by atoms with Crippen LogP contribution in [0.3, 0.4) is 0 Å². The van der Waals surface area contributed by atoms with Crippen LogP contribution >= 0.6 is 11.6 Å². The highest BCUT2D eigenvalue weighted by molar-refractivity contribution is 7.90. The molecule has 0 aromatic heterocycles. The third kappa shape index (κ3) is 4.53. The molecule has 1 aliphatic rings. The Hall–Kier alpha value is -4.22. The van der Waals surface area contributed by atoms with Gasteiger partial charge < -0.3 is 16.6 Å². The monoisotopic (exact) mass is 528 g/mol. The van der Waals surface area contributed by atoms with Crippen LogP contribution in [-0.2, 0) is 19.6 Å². The molecular formula is C24H18ClFN4O5S. The predicted octanol–water partition coefficient (Wildman–Crippen LogP) is 3.07. The van der Waals surface area contributed by atoms with Gasteiger partial charge in [-0.05, 0) is 54.6 Å². The standard InChI is InChI=1S/C24H18ClFN4O5S/c25-14-7-5-13(6-8-14)21(31)19-20(17-3-1-2-4-18(17)26)30(23(33)22(19)32)15-9-11-16(12-10-15)36(34,35)29-24(27)28/h1-12,20,31H,(H4,27,28,29)/t20-/m0/s1. The molecule has 9 nitrogen and oxygen atoms in total. The zero-order chi connectivity index (χ0) is 26.2. The highest BCUT2D eigenvalue weighted by Crippen LogP contribution is 2.43. The largest absolute Gasteiger partial charge is 0.507 e. The van der Waals surface area contributed by atoms with Crippen molar-refractivity contribution in [1.29, 1.82) is 0 Å². The average Bonchev–Trinajstić information content (AvgIpc) is 3.09. The second-order valence-corrected chi connectivity index (χ2v) is 9.72. The first-order valence-electron chi connectivity index (χ1n) is 10.3. The smallest absolute Gasteiger partial charge is 0.300 e. The van der Waals surface area contributed by atoms with E-state index in [1.165, 1.54) is 54.6 Å². The van der Waals surface area contributed by atoms with E-state index in [4.69, 9.17) is 23.1 Å². The number of rotatable bonds is 5. The number of hydrogen-bond acceptors (Lipinski definition) is 5. The first-order chi connectivity index (χ1) is 17.0. The minimum atomic E-state index is -4.21. The molecular weight excluding hydrogens is 511 g/mol. The number of sulfonamides is 1. The lowest BCUT2D eigenvalue weighted by molar-refractivity contribution is -0.132. The van der Waals surface area contributed by atoms with Crippen LogP contribution in [0.25, 0.3) is 5.76 Å². The van der Waals surface area contributed by atoms with Gasteiger partial charge in [0.15, 0.2) is 0 Å². The summed E-state index contributed by atoms with van der Waals surface area (Å²) >= 11 is 5.91. The number of guanidine groups is 1. The number of ketones is 1. The van der Waals surface area contributed by atoms with Gasteiger partial charge in [0.2, 0.25) is 5.96 Å². The molecule has 0 aliphatic carbocycles. The van der Waals surface area contributed by atoms with Gasteiger partial charge in [0, 0.05) is 21.8 Å². The van der Waals surface area contributed by atoms with Crippen molar-refractivity contribution >= 4 is 50.7 Å². The minimum absolute atomic E-state index is 0.0515. The highest BCUT2D eigenvalue weighted by atomic mass is 35.5. The lowest BCUT2D eigenvalue weighted by Gasteiger charge is -2.25. The van der Waals surface area contributed by atoms with Crippen LogP contribution in [0, 0.1) is 5.82 Å². The van der Waals surface area contributed by atoms with Crippen molar-refractivity contribution in [2.45, 2.75) is 10.9 Å². The fourth-order valence-corrected chi connectivity index (χ4v) is 4.81. The minimum Gasteiger partial charge on any atom is -0.507 e. The maximum absolute atomic E-state index is 14.9. The summed E-state index contributed by atoms with van der Waals surface area (Å²) in [6, 6.07) is 14.8. The molecule has 5 N–H and O–H groups in total. The molecule has 0 spiro atoms. The van der Waals surface area contributed by atoms with E-state index in [0.29, 0.717) is 5.02 Å². The summed E-state index contributed by atoms with van der Waals surface area (Å²) in [5.74, 6) is -3.99. The molecule has 4 rings (SSSR count). The number of carbonyl (C=O) groups is 2. The van der Waals surface area contributed by atoms with Crippen LogP contribution in [-0.4, -0.2) is 31.2 Å². The van der Waals surface area contributed by atoms with Crippen molar-refractivity contribution < 1.29 is 27.5 Å². The maximum Gasteiger partial charge on any atom is 0.300 e. The number of carbonyl (C=O) groups excluding carboxylic acids is 2. The SMILES string of the molecule is NC(N)=NS(=O)(=O)c1ccc(N2C(=O)C(=O)C(=C(O)c3ccc(Cl)cc3)[C@@H]2c2ccccc2F)cc1. The van der Waals surface area contributed by atoms with Crippen molar-refractivity contribution in [3.05, 3.63) is 100 Å². The van der Waals surface area contributed by atoms with E-state index in [1.807, 2.05) is 0 Å². The van der Waals surface area contributed by atoms with E-state index in [2.05, 4.69) is 4.40 Å². The van der Waals surface area contributed by atoms with E-state index in [-0.39, 0.29) is 27.3 Å². The number of hydrogen-bond donors (Lipinski definition) is 3. The summed E-state index contributed by atoms with van der Waals surface area (Å²) in [5.41, 5.74) is 10.2. The van der Waals surface area contributed by atoms with Gasteiger partial charge in [0.25, 0.3) is 21.7 Å². The molecule has 184 valence electrons. The number of halogens is 2. The molecule has 1 heterocycles. The Kier molecular flexibility index (Phi) is 6.53. The molecule has 1 saturated heterocycles. The Morgan fingerprint density at radius 1 is 0.972 bits per heavy atom. The molecule has 1 fully saturated rings. The summed E-state index contributed by atoms with van der Waals surface area (Å²) in [6.07, 6.45) is 0. The number of nitrogens with zero attached hydrogens (tertiary/aromatic N) is 2. The molecule has 0 unspecified atom stereocenters. The molecule has 0 bridgehead atoms. The summed E-state index contributed by atoms with van der Waals surface area (Å²) in [4.78, 5) is 27.0. The molecule has 3 aromatic rings. The number of amides is 1.